The molecule has 2 amide bonds. The number of ether oxygens (including phenoxy) is 1. The Kier molecular flexibility index (Phi) is 4.93. The Morgan fingerprint density at radius 1 is 1.47 bits per heavy atom. The van der Waals surface area contributed by atoms with Crippen molar-refractivity contribution in [3.63, 3.8) is 0 Å². The number of nitrogens with one attached hydrogen (secondary N) is 1. The van der Waals surface area contributed by atoms with Crippen LogP contribution in [-0.2, 0) is 14.3 Å². The lowest BCUT2D eigenvalue weighted by Crippen LogP contribution is -2.64. The van der Waals surface area contributed by atoms with Crippen LogP contribution in [0, 0.1) is 5.92 Å². The molecular weight excluding hydrogens is 220 g/mol. The van der Waals surface area contributed by atoms with Crippen LogP contribution in [-0.4, -0.2) is 49.1 Å². The van der Waals surface area contributed by atoms with Gasteiger partial charge in [0.15, 0.2) is 0 Å². The molecule has 1 N–H and O–H groups in total. The average Bonchev–Trinajstić information content (AvgIpc) is 2.31. The van der Waals surface area contributed by atoms with Crippen molar-refractivity contribution in [2.75, 3.05) is 20.3 Å². The number of hydrogen-bond acceptors (Lipinski definition) is 3. The summed E-state index contributed by atoms with van der Waals surface area (Å²) in [5.74, 6) is 0.0813. The first-order chi connectivity index (χ1) is 8.02. The second-order valence-electron chi connectivity index (χ2n) is 4.59. The zero-order chi connectivity index (χ0) is 13.0. The van der Waals surface area contributed by atoms with Gasteiger partial charge in [0.2, 0.25) is 11.8 Å². The molecule has 17 heavy (non-hydrogen) atoms. The second-order valence-corrected chi connectivity index (χ2v) is 4.59. The fourth-order valence-corrected chi connectivity index (χ4v) is 2.12. The number of amides is 2. The molecule has 1 fully saturated rings. The van der Waals surface area contributed by atoms with E-state index in [4.69, 9.17) is 4.74 Å². The molecule has 1 saturated heterocycles. The van der Waals surface area contributed by atoms with Crippen LogP contribution >= 0.6 is 0 Å². The van der Waals surface area contributed by atoms with Gasteiger partial charge < -0.3 is 15.0 Å². The van der Waals surface area contributed by atoms with Crippen LogP contribution in [0.5, 0.6) is 0 Å². The van der Waals surface area contributed by atoms with Crippen molar-refractivity contribution in [3.05, 3.63) is 0 Å². The third kappa shape index (κ3) is 2.97. The summed E-state index contributed by atoms with van der Waals surface area (Å²) in [7, 11) is 1.59. The molecule has 5 heteroatoms. The molecule has 1 heterocycles. The first kappa shape index (κ1) is 14.0. The molecule has 3 atom stereocenters. The second kappa shape index (κ2) is 6.00. The number of nitrogens with zero attached hydrogens (tertiary/aromatic N) is 1. The molecule has 3 unspecified atom stereocenters. The van der Waals surface area contributed by atoms with E-state index in [1.165, 1.54) is 0 Å². The molecule has 0 bridgehead atoms. The van der Waals surface area contributed by atoms with Crippen LogP contribution in [0.4, 0.5) is 0 Å². The Hall–Kier alpha value is -1.10. The van der Waals surface area contributed by atoms with Gasteiger partial charge in [-0.05, 0) is 12.8 Å². The normalized spacial score (nSPS) is 26.9. The van der Waals surface area contributed by atoms with E-state index in [9.17, 15) is 9.59 Å². The maximum atomic E-state index is 12.1. The van der Waals surface area contributed by atoms with Crippen LogP contribution in [0.3, 0.4) is 0 Å². The number of methoxy groups -OCH3 is 1. The van der Waals surface area contributed by atoms with Gasteiger partial charge in [-0.1, -0.05) is 20.3 Å². The zero-order valence-corrected chi connectivity index (χ0v) is 11.0. The van der Waals surface area contributed by atoms with Crippen molar-refractivity contribution in [3.8, 4) is 0 Å². The highest BCUT2D eigenvalue weighted by molar-refractivity contribution is 5.96. The highest BCUT2D eigenvalue weighted by Crippen LogP contribution is 2.19. The van der Waals surface area contributed by atoms with E-state index in [1.807, 2.05) is 13.8 Å². The summed E-state index contributed by atoms with van der Waals surface area (Å²) >= 11 is 0. The molecule has 0 aliphatic carbocycles. The molecule has 0 aromatic carbocycles. The maximum absolute atomic E-state index is 12.1. The Morgan fingerprint density at radius 3 is 2.65 bits per heavy atom. The molecule has 0 aromatic heterocycles. The number of carbonyl (C=O) groups excluding carboxylic acids is 2. The molecule has 0 spiro atoms. The molecule has 5 nitrogen and oxygen atoms in total. The molecule has 98 valence electrons. The minimum Gasteiger partial charge on any atom is -0.383 e. The number of rotatable bonds is 5. The summed E-state index contributed by atoms with van der Waals surface area (Å²) in [4.78, 5) is 25.7. The standard InChI is InChI=1S/C12H22N2O3/c1-5-8(2)10-11(15)13-9(3)12(16)14(10)6-7-17-4/h8-10H,5-7H2,1-4H3,(H,13,15). The molecule has 0 saturated carbocycles. The monoisotopic (exact) mass is 242 g/mol. The number of carbonyl (C=O) groups is 2. The van der Waals surface area contributed by atoms with Crippen molar-refractivity contribution in [1.29, 1.82) is 0 Å². The molecule has 0 aromatic rings. The zero-order valence-electron chi connectivity index (χ0n) is 11.0. The van der Waals surface area contributed by atoms with Gasteiger partial charge in [-0.3, -0.25) is 9.59 Å². The first-order valence-corrected chi connectivity index (χ1v) is 6.12. The Morgan fingerprint density at radius 2 is 2.12 bits per heavy atom. The summed E-state index contributed by atoms with van der Waals surface area (Å²) < 4.78 is 5.00. The smallest absolute Gasteiger partial charge is 0.245 e. The highest BCUT2D eigenvalue weighted by atomic mass is 16.5. The summed E-state index contributed by atoms with van der Waals surface area (Å²) in [6.07, 6.45) is 0.864. The van der Waals surface area contributed by atoms with Crippen LogP contribution in [0.2, 0.25) is 0 Å². The first-order valence-electron chi connectivity index (χ1n) is 6.12. The summed E-state index contributed by atoms with van der Waals surface area (Å²) in [5.41, 5.74) is 0. The van der Waals surface area contributed by atoms with Crippen molar-refractivity contribution in [2.24, 2.45) is 5.92 Å². The minimum atomic E-state index is -0.431. The van der Waals surface area contributed by atoms with Crippen molar-refractivity contribution >= 4 is 11.8 Å². The number of hydrogen-bond donors (Lipinski definition) is 1. The van der Waals surface area contributed by atoms with E-state index in [-0.39, 0.29) is 23.8 Å². The van der Waals surface area contributed by atoms with Gasteiger partial charge in [-0.2, -0.15) is 0 Å². The van der Waals surface area contributed by atoms with E-state index < -0.39 is 6.04 Å². The molecule has 1 aliphatic heterocycles. The van der Waals surface area contributed by atoms with E-state index in [1.54, 1.807) is 18.9 Å². The van der Waals surface area contributed by atoms with Gasteiger partial charge in [0, 0.05) is 13.7 Å². The van der Waals surface area contributed by atoms with Gasteiger partial charge in [-0.15, -0.1) is 0 Å². The van der Waals surface area contributed by atoms with Gasteiger partial charge in [0.1, 0.15) is 12.1 Å². The molecule has 0 radical (unpaired) electrons. The largest absolute Gasteiger partial charge is 0.383 e. The summed E-state index contributed by atoms with van der Waals surface area (Å²) in [6, 6.07) is -0.793. The van der Waals surface area contributed by atoms with Gasteiger partial charge in [0.05, 0.1) is 6.61 Å². The van der Waals surface area contributed by atoms with Crippen LogP contribution in [0.1, 0.15) is 27.2 Å². The third-order valence-electron chi connectivity index (χ3n) is 3.34. The van der Waals surface area contributed by atoms with Gasteiger partial charge in [0.25, 0.3) is 0 Å². The fourth-order valence-electron chi connectivity index (χ4n) is 2.12. The van der Waals surface area contributed by atoms with E-state index >= 15 is 0 Å². The van der Waals surface area contributed by atoms with Crippen LogP contribution < -0.4 is 5.32 Å². The predicted molar refractivity (Wildman–Crippen MR) is 64.4 cm³/mol. The lowest BCUT2D eigenvalue weighted by Gasteiger charge is -2.40. The lowest BCUT2D eigenvalue weighted by molar-refractivity contribution is -0.151. The minimum absolute atomic E-state index is 0.0213. The molecule has 1 rings (SSSR count). The quantitative estimate of drug-likeness (QED) is 0.759. The topological polar surface area (TPSA) is 58.6 Å². The molecular formula is C12H22N2O3. The van der Waals surface area contributed by atoms with E-state index in [0.29, 0.717) is 13.2 Å². The van der Waals surface area contributed by atoms with Crippen LogP contribution in [0.25, 0.3) is 0 Å². The van der Waals surface area contributed by atoms with Crippen molar-refractivity contribution in [2.45, 2.75) is 39.3 Å². The average molecular weight is 242 g/mol. The van der Waals surface area contributed by atoms with Crippen molar-refractivity contribution in [1.82, 2.24) is 10.2 Å². The maximum Gasteiger partial charge on any atom is 0.245 e. The highest BCUT2D eigenvalue weighted by Gasteiger charge is 2.40. The Labute approximate surface area is 102 Å². The Balaban J connectivity index is 2.87. The summed E-state index contributed by atoms with van der Waals surface area (Å²) in [5, 5.41) is 2.73. The SMILES string of the molecule is CCC(C)C1C(=O)NC(C)C(=O)N1CCOC. The van der Waals surface area contributed by atoms with E-state index in [0.717, 1.165) is 6.42 Å². The van der Waals surface area contributed by atoms with Gasteiger partial charge in [-0.25, -0.2) is 0 Å². The lowest BCUT2D eigenvalue weighted by atomic mass is 9.93. The fraction of sp³-hybridized carbons (Fsp3) is 0.833. The Bertz CT molecular complexity index is 293. The number of piperazine rings is 1. The predicted octanol–water partition coefficient (Wildman–Crippen LogP) is 0.394. The van der Waals surface area contributed by atoms with E-state index in [2.05, 4.69) is 5.32 Å². The van der Waals surface area contributed by atoms with Crippen LogP contribution in [0.15, 0.2) is 0 Å². The third-order valence-corrected chi connectivity index (χ3v) is 3.34. The van der Waals surface area contributed by atoms with Crippen molar-refractivity contribution < 1.29 is 14.3 Å². The molecule has 1 aliphatic rings. The summed E-state index contributed by atoms with van der Waals surface area (Å²) in [6.45, 7) is 6.66. The van der Waals surface area contributed by atoms with Gasteiger partial charge >= 0.3 is 0 Å².